The molecule has 274 valence electrons. The third-order valence-corrected chi connectivity index (χ3v) is 11.5. The van der Waals surface area contributed by atoms with Crippen LogP contribution in [0.3, 0.4) is 0 Å². The molecule has 49 heavy (non-hydrogen) atoms. The summed E-state index contributed by atoms with van der Waals surface area (Å²) in [6.07, 6.45) is -10.7. The number of esters is 2. The number of rotatable bonds is 10. The highest BCUT2D eigenvalue weighted by molar-refractivity contribution is 5.91. The number of aliphatic hydroxyl groups excluding tert-OH is 7. The highest BCUT2D eigenvalue weighted by Gasteiger charge is 2.67. The van der Waals surface area contributed by atoms with Crippen LogP contribution >= 0.6 is 0 Å². The van der Waals surface area contributed by atoms with Gasteiger partial charge in [0.15, 0.2) is 12.6 Å². The van der Waals surface area contributed by atoms with Gasteiger partial charge in [-0.15, -0.1) is 0 Å². The zero-order valence-electron chi connectivity index (χ0n) is 27.4. The molecule has 0 aromatic carbocycles. The van der Waals surface area contributed by atoms with E-state index in [-0.39, 0.29) is 18.3 Å². The maximum atomic E-state index is 13.4. The predicted octanol–water partition coefficient (Wildman–Crippen LogP) is -1.18. The van der Waals surface area contributed by atoms with E-state index >= 15 is 0 Å². The highest BCUT2D eigenvalue weighted by atomic mass is 16.7. The van der Waals surface area contributed by atoms with E-state index in [1.807, 2.05) is 19.9 Å². The van der Waals surface area contributed by atoms with Gasteiger partial charge < -0.3 is 68.6 Å². The second-order valence-corrected chi connectivity index (χ2v) is 14.2. The Balaban J connectivity index is 1.24. The Labute approximate surface area is 282 Å². The number of aliphatic hydroxyl groups is 7. The molecule has 1 aromatic rings. The van der Waals surface area contributed by atoms with Gasteiger partial charge in [0.25, 0.3) is 0 Å². The lowest BCUT2D eigenvalue weighted by atomic mass is 9.46. The van der Waals surface area contributed by atoms with Crippen LogP contribution in [0.25, 0.3) is 0 Å². The van der Waals surface area contributed by atoms with Crippen LogP contribution in [-0.2, 0) is 38.0 Å². The normalized spacial score (nSPS) is 45.6. The summed E-state index contributed by atoms with van der Waals surface area (Å²) in [6.45, 7) is 2.69. The Morgan fingerprint density at radius 1 is 0.980 bits per heavy atom. The fraction of sp³-hybridized carbons (Fsp3) is 0.758. The van der Waals surface area contributed by atoms with E-state index in [0.717, 1.165) is 0 Å². The van der Waals surface area contributed by atoms with Crippen molar-refractivity contribution < 1.29 is 78.2 Å². The van der Waals surface area contributed by atoms with Crippen molar-refractivity contribution >= 4 is 11.9 Å². The molecular formula is C33H46O16. The summed E-state index contributed by atoms with van der Waals surface area (Å²) in [6, 6.07) is 1.66. The van der Waals surface area contributed by atoms with E-state index in [4.69, 9.17) is 32.8 Å². The lowest BCUT2D eigenvalue weighted by Crippen LogP contribution is -2.62. The predicted molar refractivity (Wildman–Crippen MR) is 161 cm³/mol. The third-order valence-electron chi connectivity index (χ3n) is 11.5. The van der Waals surface area contributed by atoms with Gasteiger partial charge in [-0.1, -0.05) is 19.9 Å². The molecule has 0 radical (unpaired) electrons. The summed E-state index contributed by atoms with van der Waals surface area (Å²) in [5.74, 6) is -1.62. The first kappa shape index (κ1) is 36.3. The van der Waals surface area contributed by atoms with Gasteiger partial charge in [-0.25, -0.2) is 4.79 Å². The van der Waals surface area contributed by atoms with Crippen LogP contribution in [0.5, 0.6) is 0 Å². The Morgan fingerprint density at radius 2 is 1.65 bits per heavy atom. The zero-order valence-corrected chi connectivity index (χ0v) is 27.4. The lowest BCUT2D eigenvalue weighted by Gasteiger charge is -2.56. The first-order chi connectivity index (χ1) is 23.3. The van der Waals surface area contributed by atoms with Gasteiger partial charge in [-0.3, -0.25) is 4.79 Å². The van der Waals surface area contributed by atoms with Crippen LogP contribution < -0.4 is 0 Å². The molecule has 2 aliphatic carbocycles. The second kappa shape index (κ2) is 13.9. The van der Waals surface area contributed by atoms with Crippen molar-refractivity contribution in [2.75, 3.05) is 20.3 Å². The summed E-state index contributed by atoms with van der Waals surface area (Å²) in [5.41, 5.74) is -0.654. The molecule has 6 rings (SSSR count). The van der Waals surface area contributed by atoms with Gasteiger partial charge in [-0.2, -0.15) is 0 Å². The van der Waals surface area contributed by atoms with Crippen molar-refractivity contribution in [3.05, 3.63) is 35.8 Å². The Hall–Kier alpha value is -2.48. The van der Waals surface area contributed by atoms with Crippen LogP contribution in [0.1, 0.15) is 51.2 Å². The number of carbonyl (C=O) groups is 2. The van der Waals surface area contributed by atoms with Gasteiger partial charge in [0, 0.05) is 16.6 Å². The molecule has 16 nitrogen and oxygen atoms in total. The molecule has 4 heterocycles. The number of furan rings is 1. The molecule has 16 atom stereocenters. The standard InChI is InChI=1S/C33H46O16/c1-32(16-9-21(49-29(16)42)33(2)15(28(41)43-3)5-4-6-20(32)33)10-17(14-7-8-44-12-14)46-31-27(40)25(38)23(36)19(48-31)13-45-30-26(39)24(37)22(35)18(11-34)47-30/h5,7-8,12,16-27,30-31,34-40H,4,6,9-11,13H2,1-3H3/t16?,17?,18?,19?,20-,21?,22?,23?,24?,25?,26?,27?,30?,31?,32+,33-/m0/s1. The number of hydrogen-bond donors (Lipinski definition) is 7. The van der Waals surface area contributed by atoms with Crippen molar-refractivity contribution in [1.29, 1.82) is 0 Å². The number of methoxy groups -OCH3 is 1. The smallest absolute Gasteiger partial charge is 0.334 e. The SMILES string of the molecule is COC(=O)C1=CCC[C@H]2[C@](C)(CC(OC3OC(COC4OC(CO)C(O)C(O)C4O)C(O)C(O)C3O)c3ccoc3)C3CC(OC3=O)[C@@]12C. The van der Waals surface area contributed by atoms with E-state index < -0.39 is 110 Å². The number of allylic oxidation sites excluding steroid dienone is 1. The van der Waals surface area contributed by atoms with E-state index in [2.05, 4.69) is 0 Å². The van der Waals surface area contributed by atoms with E-state index in [0.29, 0.717) is 30.4 Å². The van der Waals surface area contributed by atoms with E-state index in [1.54, 1.807) is 6.07 Å². The highest BCUT2D eigenvalue weighted by Crippen LogP contribution is 2.66. The fourth-order valence-corrected chi connectivity index (χ4v) is 8.77. The third kappa shape index (κ3) is 6.14. The van der Waals surface area contributed by atoms with Crippen LogP contribution in [0, 0.1) is 22.7 Å². The van der Waals surface area contributed by atoms with Gasteiger partial charge in [0.2, 0.25) is 0 Å². The lowest BCUT2D eigenvalue weighted by molar-refractivity contribution is -0.337. The summed E-state index contributed by atoms with van der Waals surface area (Å²) in [5, 5.41) is 72.6. The molecule has 7 N–H and O–H groups in total. The Morgan fingerprint density at radius 3 is 2.31 bits per heavy atom. The molecule has 0 amide bonds. The zero-order chi connectivity index (χ0) is 35.4. The molecule has 16 heteroatoms. The summed E-state index contributed by atoms with van der Waals surface area (Å²) in [4.78, 5) is 26.4. The van der Waals surface area contributed by atoms with Gasteiger partial charge in [-0.05, 0) is 43.1 Å². The van der Waals surface area contributed by atoms with Crippen LogP contribution in [-0.4, -0.2) is 136 Å². The second-order valence-electron chi connectivity index (χ2n) is 14.2. The molecule has 13 unspecified atom stereocenters. The monoisotopic (exact) mass is 698 g/mol. The quantitative estimate of drug-likeness (QED) is 0.142. The number of hydrogen-bond acceptors (Lipinski definition) is 16. The molecule has 0 spiro atoms. The topological polar surface area (TPSA) is 244 Å². The summed E-state index contributed by atoms with van der Waals surface area (Å²) >= 11 is 0. The van der Waals surface area contributed by atoms with Crippen molar-refractivity contribution in [2.45, 2.75) is 113 Å². The van der Waals surface area contributed by atoms with E-state index in [9.17, 15) is 45.3 Å². The van der Waals surface area contributed by atoms with Crippen molar-refractivity contribution in [2.24, 2.45) is 22.7 Å². The maximum absolute atomic E-state index is 13.4. The van der Waals surface area contributed by atoms with Gasteiger partial charge in [0.05, 0.1) is 44.9 Å². The van der Waals surface area contributed by atoms with Gasteiger partial charge in [0.1, 0.15) is 54.9 Å². The molecule has 1 saturated carbocycles. The maximum Gasteiger partial charge on any atom is 0.334 e. The largest absolute Gasteiger partial charge is 0.472 e. The van der Waals surface area contributed by atoms with Crippen LogP contribution in [0.15, 0.2) is 34.7 Å². The average Bonchev–Trinajstić information content (AvgIpc) is 3.76. The molecule has 1 aromatic heterocycles. The van der Waals surface area contributed by atoms with Crippen LogP contribution in [0.4, 0.5) is 0 Å². The molecule has 3 aliphatic heterocycles. The first-order valence-corrected chi connectivity index (χ1v) is 16.5. The number of carbonyl (C=O) groups excluding carboxylic acids is 2. The summed E-state index contributed by atoms with van der Waals surface area (Å²) in [7, 11) is 1.31. The molecule has 2 bridgehead atoms. The Bertz CT molecular complexity index is 1370. The molecule has 4 fully saturated rings. The van der Waals surface area contributed by atoms with Gasteiger partial charge >= 0.3 is 11.9 Å². The minimum atomic E-state index is -1.77. The minimum Gasteiger partial charge on any atom is -0.472 e. The minimum absolute atomic E-state index is 0.186. The first-order valence-electron chi connectivity index (χ1n) is 16.5. The van der Waals surface area contributed by atoms with E-state index in [1.165, 1.54) is 19.6 Å². The Kier molecular flexibility index (Phi) is 10.3. The fourth-order valence-electron chi connectivity index (χ4n) is 8.77. The average molecular weight is 699 g/mol. The molecule has 3 saturated heterocycles. The number of ether oxygens (including phenoxy) is 6. The van der Waals surface area contributed by atoms with Crippen molar-refractivity contribution in [3.8, 4) is 0 Å². The van der Waals surface area contributed by atoms with Crippen molar-refractivity contribution in [3.63, 3.8) is 0 Å². The molecular weight excluding hydrogens is 652 g/mol. The van der Waals surface area contributed by atoms with Crippen molar-refractivity contribution in [1.82, 2.24) is 0 Å². The van der Waals surface area contributed by atoms with Crippen LogP contribution in [0.2, 0.25) is 0 Å². The molecule has 5 aliphatic rings. The summed E-state index contributed by atoms with van der Waals surface area (Å²) < 4.78 is 39.7. The number of fused-ring (bicyclic) bond motifs is 4.